The van der Waals surface area contributed by atoms with Gasteiger partial charge >= 0.3 is 0 Å². The molecule has 0 atom stereocenters. The number of hydrogen-bond donors (Lipinski definition) is 1. The van der Waals surface area contributed by atoms with Crippen LogP contribution in [0.4, 0.5) is 5.82 Å². The van der Waals surface area contributed by atoms with Gasteiger partial charge in [0.05, 0.1) is 12.8 Å². The molecule has 4 heteroatoms. The van der Waals surface area contributed by atoms with Gasteiger partial charge in [0.2, 0.25) is 0 Å². The topological polar surface area (TPSA) is 51.2 Å². The van der Waals surface area contributed by atoms with Crippen LogP contribution in [0.2, 0.25) is 0 Å². The second kappa shape index (κ2) is 3.35. The minimum absolute atomic E-state index is 0.625. The molecule has 0 aliphatic carbocycles. The van der Waals surface area contributed by atoms with Gasteiger partial charge in [0.15, 0.2) is 5.82 Å². The Morgan fingerprint density at radius 3 is 3.08 bits per heavy atom. The summed E-state index contributed by atoms with van der Waals surface area (Å²) in [5, 5.41) is 6.88. The van der Waals surface area contributed by atoms with Gasteiger partial charge in [-0.3, -0.25) is 0 Å². The third kappa shape index (κ3) is 1.72. The largest absolute Gasteiger partial charge is 0.467 e. The van der Waals surface area contributed by atoms with E-state index in [9.17, 15) is 0 Å². The van der Waals surface area contributed by atoms with Gasteiger partial charge in [-0.1, -0.05) is 5.16 Å². The molecule has 0 saturated heterocycles. The van der Waals surface area contributed by atoms with Crippen LogP contribution in [0.5, 0.6) is 0 Å². The lowest BCUT2D eigenvalue weighted by atomic mass is 10.3. The standard InChI is InChI=1S/C9H10N2O2/c1-7-6-13-11-9(7)10-5-8-3-2-4-12-8/h2-4,6H,5H2,1H3,(H,10,11). The SMILES string of the molecule is Cc1conc1NCc1ccco1. The van der Waals surface area contributed by atoms with E-state index in [1.807, 2.05) is 19.1 Å². The first-order valence-electron chi connectivity index (χ1n) is 4.03. The third-order valence-electron chi connectivity index (χ3n) is 1.76. The van der Waals surface area contributed by atoms with Crippen molar-refractivity contribution in [1.29, 1.82) is 0 Å². The Bertz CT molecular complexity index is 365. The monoisotopic (exact) mass is 178 g/mol. The maximum Gasteiger partial charge on any atom is 0.172 e. The van der Waals surface area contributed by atoms with Gasteiger partial charge < -0.3 is 14.3 Å². The van der Waals surface area contributed by atoms with Gasteiger partial charge in [0.25, 0.3) is 0 Å². The molecule has 0 fully saturated rings. The fourth-order valence-corrected chi connectivity index (χ4v) is 1.04. The Kier molecular flexibility index (Phi) is 2.04. The summed E-state index contributed by atoms with van der Waals surface area (Å²) >= 11 is 0. The zero-order chi connectivity index (χ0) is 9.10. The van der Waals surface area contributed by atoms with Crippen molar-refractivity contribution in [3.63, 3.8) is 0 Å². The molecule has 68 valence electrons. The summed E-state index contributed by atoms with van der Waals surface area (Å²) in [5.41, 5.74) is 0.992. The first kappa shape index (κ1) is 7.91. The van der Waals surface area contributed by atoms with E-state index in [1.165, 1.54) is 0 Å². The van der Waals surface area contributed by atoms with Crippen molar-refractivity contribution in [1.82, 2.24) is 5.16 Å². The van der Waals surface area contributed by atoms with E-state index in [-0.39, 0.29) is 0 Å². The van der Waals surface area contributed by atoms with Crippen molar-refractivity contribution < 1.29 is 8.94 Å². The Morgan fingerprint density at radius 2 is 2.46 bits per heavy atom. The minimum atomic E-state index is 0.625. The third-order valence-corrected chi connectivity index (χ3v) is 1.76. The summed E-state index contributed by atoms with van der Waals surface area (Å²) in [6.07, 6.45) is 3.25. The minimum Gasteiger partial charge on any atom is -0.467 e. The summed E-state index contributed by atoms with van der Waals surface area (Å²) in [6.45, 7) is 2.56. The fourth-order valence-electron chi connectivity index (χ4n) is 1.04. The first-order valence-corrected chi connectivity index (χ1v) is 4.03. The number of nitrogens with zero attached hydrogens (tertiary/aromatic N) is 1. The van der Waals surface area contributed by atoms with E-state index >= 15 is 0 Å². The van der Waals surface area contributed by atoms with Crippen molar-refractivity contribution in [2.75, 3.05) is 5.32 Å². The summed E-state index contributed by atoms with van der Waals surface area (Å²) in [4.78, 5) is 0. The highest BCUT2D eigenvalue weighted by atomic mass is 16.5. The molecule has 0 amide bonds. The van der Waals surface area contributed by atoms with Crippen molar-refractivity contribution in [2.24, 2.45) is 0 Å². The summed E-state index contributed by atoms with van der Waals surface area (Å²) in [7, 11) is 0. The average Bonchev–Trinajstić information content (AvgIpc) is 2.72. The van der Waals surface area contributed by atoms with Crippen LogP contribution in [0.25, 0.3) is 0 Å². The fraction of sp³-hybridized carbons (Fsp3) is 0.222. The molecule has 2 aromatic rings. The average molecular weight is 178 g/mol. The van der Waals surface area contributed by atoms with Crippen LogP contribution >= 0.6 is 0 Å². The second-order valence-corrected chi connectivity index (χ2v) is 2.78. The number of rotatable bonds is 3. The highest BCUT2D eigenvalue weighted by molar-refractivity contribution is 5.40. The molecule has 0 aliphatic heterocycles. The number of furan rings is 1. The predicted molar refractivity (Wildman–Crippen MR) is 47.3 cm³/mol. The molecule has 2 aromatic heterocycles. The lowest BCUT2D eigenvalue weighted by Crippen LogP contribution is -1.99. The normalized spacial score (nSPS) is 10.2. The van der Waals surface area contributed by atoms with Crippen LogP contribution in [-0.4, -0.2) is 5.16 Å². The van der Waals surface area contributed by atoms with Gasteiger partial charge in [-0.25, -0.2) is 0 Å². The van der Waals surface area contributed by atoms with E-state index < -0.39 is 0 Å². The van der Waals surface area contributed by atoms with Crippen molar-refractivity contribution >= 4 is 5.82 Å². The highest BCUT2D eigenvalue weighted by Gasteiger charge is 2.02. The van der Waals surface area contributed by atoms with Crippen molar-refractivity contribution in [3.8, 4) is 0 Å². The molecule has 0 aromatic carbocycles. The summed E-state index contributed by atoms with van der Waals surface area (Å²) in [5.74, 6) is 1.64. The lowest BCUT2D eigenvalue weighted by Gasteiger charge is -1.98. The molecular formula is C9H10N2O2. The first-order chi connectivity index (χ1) is 6.36. The van der Waals surface area contributed by atoms with Crippen molar-refractivity contribution in [2.45, 2.75) is 13.5 Å². The van der Waals surface area contributed by atoms with Crippen LogP contribution < -0.4 is 5.32 Å². The van der Waals surface area contributed by atoms with E-state index in [1.54, 1.807) is 12.5 Å². The summed E-state index contributed by atoms with van der Waals surface area (Å²) < 4.78 is 9.92. The highest BCUT2D eigenvalue weighted by Crippen LogP contribution is 2.12. The molecule has 0 unspecified atom stereocenters. The Morgan fingerprint density at radius 1 is 1.54 bits per heavy atom. The molecular weight excluding hydrogens is 168 g/mol. The van der Waals surface area contributed by atoms with Crippen LogP contribution in [0, 0.1) is 6.92 Å². The van der Waals surface area contributed by atoms with E-state index in [0.717, 1.165) is 17.1 Å². The number of nitrogens with one attached hydrogen (secondary N) is 1. The van der Waals surface area contributed by atoms with Crippen LogP contribution in [-0.2, 0) is 6.54 Å². The zero-order valence-electron chi connectivity index (χ0n) is 7.28. The van der Waals surface area contributed by atoms with Crippen molar-refractivity contribution in [3.05, 3.63) is 36.0 Å². The van der Waals surface area contributed by atoms with E-state index in [2.05, 4.69) is 10.5 Å². The Labute approximate surface area is 75.5 Å². The molecule has 0 aliphatic rings. The van der Waals surface area contributed by atoms with Crippen LogP contribution in [0.3, 0.4) is 0 Å². The molecule has 0 saturated carbocycles. The zero-order valence-corrected chi connectivity index (χ0v) is 7.28. The molecule has 2 heterocycles. The van der Waals surface area contributed by atoms with Gasteiger partial charge in [0.1, 0.15) is 12.0 Å². The lowest BCUT2D eigenvalue weighted by molar-refractivity contribution is 0.421. The molecule has 2 rings (SSSR count). The van der Waals surface area contributed by atoms with E-state index in [0.29, 0.717) is 6.54 Å². The molecule has 4 nitrogen and oxygen atoms in total. The van der Waals surface area contributed by atoms with Gasteiger partial charge in [-0.2, -0.15) is 0 Å². The molecule has 0 spiro atoms. The number of hydrogen-bond acceptors (Lipinski definition) is 4. The van der Waals surface area contributed by atoms with Gasteiger partial charge in [-0.05, 0) is 19.1 Å². The summed E-state index contributed by atoms with van der Waals surface area (Å²) in [6, 6.07) is 3.76. The van der Waals surface area contributed by atoms with Crippen LogP contribution in [0.15, 0.2) is 33.6 Å². The maximum atomic E-state index is 5.15. The molecule has 1 N–H and O–H groups in total. The van der Waals surface area contributed by atoms with E-state index in [4.69, 9.17) is 8.94 Å². The van der Waals surface area contributed by atoms with Gasteiger partial charge in [-0.15, -0.1) is 0 Å². The number of aromatic nitrogens is 1. The quantitative estimate of drug-likeness (QED) is 0.782. The Balaban J connectivity index is 1.97. The Hall–Kier alpha value is -1.71. The van der Waals surface area contributed by atoms with Gasteiger partial charge in [0, 0.05) is 5.56 Å². The molecule has 0 bridgehead atoms. The number of anilines is 1. The molecule has 0 radical (unpaired) electrons. The predicted octanol–water partition coefficient (Wildman–Crippen LogP) is 2.19. The number of aryl methyl sites for hydroxylation is 1. The maximum absolute atomic E-state index is 5.15. The smallest absolute Gasteiger partial charge is 0.172 e. The molecule has 13 heavy (non-hydrogen) atoms. The second-order valence-electron chi connectivity index (χ2n) is 2.78. The van der Waals surface area contributed by atoms with Crippen LogP contribution in [0.1, 0.15) is 11.3 Å².